The molecule has 1 saturated heterocycles. The Morgan fingerprint density at radius 1 is 0.697 bits per heavy atom. The Balaban J connectivity index is 1.14. The maximum absolute atomic E-state index is 14.8. The monoisotopic (exact) mass is 905 g/mol. The number of carbonyl (C=O) groups excluding carboxylic acids is 5. The molecule has 1 fully saturated rings. The van der Waals surface area contributed by atoms with Crippen LogP contribution in [0, 0.1) is 5.92 Å². The molecule has 0 bridgehead atoms. The molecule has 7 aromatic rings. The third-order valence-corrected chi connectivity index (χ3v) is 13.2. The first-order valence-corrected chi connectivity index (χ1v) is 23.3. The van der Waals surface area contributed by atoms with Crippen molar-refractivity contribution in [3.05, 3.63) is 149 Å². The Bertz CT molecular complexity index is 2810. The predicted octanol–water partition coefficient (Wildman–Crippen LogP) is 6.01. The number of hydrogen-bond acceptors (Lipinski definition) is 8. The highest BCUT2D eigenvalue weighted by Crippen LogP contribution is 2.38. The minimum absolute atomic E-state index is 0.0195. The number of nitrogens with one attached hydrogen (secondary N) is 7. The zero-order chi connectivity index (χ0) is 46.2. The molecule has 9 N–H and O–H groups in total. The van der Waals surface area contributed by atoms with Crippen molar-refractivity contribution in [1.82, 2.24) is 41.5 Å². The SMILES string of the molecule is CC(C)CC(NC(=O)c1nc(C(Cc2ccccc2)NC(=O)C(Cc2c[nH]c3ccccc23)NC(=O)C2CCCN2)sc1-c1c[nH]c2ccccc12)C(=O)NC(Cc1ccccc1)C(N)=O. The maximum Gasteiger partial charge on any atom is 0.272 e. The lowest BCUT2D eigenvalue weighted by molar-refractivity contribution is -0.130. The van der Waals surface area contributed by atoms with Crippen molar-refractivity contribution in [3.8, 4) is 10.4 Å². The summed E-state index contributed by atoms with van der Waals surface area (Å²) in [4.78, 5) is 82.1. The first-order chi connectivity index (χ1) is 32.0. The number of carbonyl (C=O) groups is 5. The first kappa shape index (κ1) is 45.5. The fourth-order valence-electron chi connectivity index (χ4n) is 8.59. The van der Waals surface area contributed by atoms with Gasteiger partial charge in [0, 0.05) is 52.6 Å². The van der Waals surface area contributed by atoms with E-state index in [0.29, 0.717) is 22.7 Å². The molecule has 4 aromatic carbocycles. The molecule has 66 heavy (non-hydrogen) atoms. The van der Waals surface area contributed by atoms with Crippen molar-refractivity contribution < 1.29 is 24.0 Å². The fourth-order valence-corrected chi connectivity index (χ4v) is 9.73. The average molecular weight is 906 g/mol. The van der Waals surface area contributed by atoms with Crippen LogP contribution in [0.2, 0.25) is 0 Å². The van der Waals surface area contributed by atoms with Crippen molar-refractivity contribution in [1.29, 1.82) is 0 Å². The molecule has 1 aliphatic heterocycles. The van der Waals surface area contributed by atoms with Crippen LogP contribution in [0.1, 0.15) is 71.3 Å². The van der Waals surface area contributed by atoms with Crippen molar-refractivity contribution in [2.24, 2.45) is 11.7 Å². The van der Waals surface area contributed by atoms with E-state index >= 15 is 0 Å². The van der Waals surface area contributed by atoms with Crippen LogP contribution in [0.3, 0.4) is 0 Å². The van der Waals surface area contributed by atoms with Gasteiger partial charge in [-0.3, -0.25) is 24.0 Å². The molecule has 0 saturated carbocycles. The molecule has 14 nitrogen and oxygen atoms in total. The fraction of sp³-hybridized carbons (Fsp3) is 0.294. The summed E-state index contributed by atoms with van der Waals surface area (Å²) in [7, 11) is 0. The molecule has 8 rings (SSSR count). The van der Waals surface area contributed by atoms with Gasteiger partial charge in [0.05, 0.1) is 17.0 Å². The maximum atomic E-state index is 14.8. The predicted molar refractivity (Wildman–Crippen MR) is 257 cm³/mol. The van der Waals surface area contributed by atoms with E-state index in [2.05, 4.69) is 36.6 Å². The highest BCUT2D eigenvalue weighted by Gasteiger charge is 2.34. The Morgan fingerprint density at radius 3 is 1.98 bits per heavy atom. The largest absolute Gasteiger partial charge is 0.368 e. The third-order valence-electron chi connectivity index (χ3n) is 12.0. The molecule has 5 atom stereocenters. The van der Waals surface area contributed by atoms with Crippen LogP contribution in [0.15, 0.2) is 122 Å². The quantitative estimate of drug-likeness (QED) is 0.0483. The number of nitrogens with two attached hydrogens (primary N) is 1. The zero-order valence-corrected chi connectivity index (χ0v) is 37.8. The van der Waals surface area contributed by atoms with Crippen LogP contribution in [0.4, 0.5) is 0 Å². The van der Waals surface area contributed by atoms with E-state index in [4.69, 9.17) is 10.7 Å². The van der Waals surface area contributed by atoms with E-state index in [9.17, 15) is 24.0 Å². The Morgan fingerprint density at radius 2 is 1.32 bits per heavy atom. The minimum Gasteiger partial charge on any atom is -0.368 e. The number of benzene rings is 4. The molecule has 15 heteroatoms. The topological polar surface area (TPSA) is 216 Å². The van der Waals surface area contributed by atoms with Crippen LogP contribution < -0.4 is 32.3 Å². The van der Waals surface area contributed by atoms with E-state index in [-0.39, 0.29) is 36.8 Å². The van der Waals surface area contributed by atoms with Crippen LogP contribution >= 0.6 is 11.3 Å². The van der Waals surface area contributed by atoms with Gasteiger partial charge in [0.25, 0.3) is 5.91 Å². The molecule has 1 aliphatic rings. The van der Waals surface area contributed by atoms with Crippen LogP contribution in [-0.4, -0.2) is 75.2 Å². The molecule has 5 unspecified atom stereocenters. The molecular weight excluding hydrogens is 851 g/mol. The van der Waals surface area contributed by atoms with Gasteiger partial charge in [-0.15, -0.1) is 11.3 Å². The summed E-state index contributed by atoms with van der Waals surface area (Å²) in [6.07, 6.45) is 6.22. The van der Waals surface area contributed by atoms with Gasteiger partial charge >= 0.3 is 0 Å². The van der Waals surface area contributed by atoms with Gasteiger partial charge in [-0.2, -0.15) is 0 Å². The molecule has 340 valence electrons. The number of thiazole rings is 1. The normalized spacial score (nSPS) is 15.5. The minimum atomic E-state index is -1.04. The van der Waals surface area contributed by atoms with Crippen LogP contribution in [0.5, 0.6) is 0 Å². The second-order valence-corrected chi connectivity index (χ2v) is 18.3. The van der Waals surface area contributed by atoms with Gasteiger partial charge in [0.2, 0.25) is 23.6 Å². The number of amides is 5. The smallest absolute Gasteiger partial charge is 0.272 e. The summed E-state index contributed by atoms with van der Waals surface area (Å²) < 4.78 is 0. The van der Waals surface area contributed by atoms with E-state index in [1.165, 1.54) is 11.3 Å². The Kier molecular flexibility index (Phi) is 14.3. The highest BCUT2D eigenvalue weighted by atomic mass is 32.1. The molecule has 0 radical (unpaired) electrons. The molecule has 0 spiro atoms. The van der Waals surface area contributed by atoms with E-state index < -0.39 is 53.8 Å². The van der Waals surface area contributed by atoms with Gasteiger partial charge in [-0.25, -0.2) is 4.98 Å². The van der Waals surface area contributed by atoms with E-state index in [1.54, 1.807) is 0 Å². The summed E-state index contributed by atoms with van der Waals surface area (Å²) in [6, 6.07) is 30.3. The number of nitrogens with zero attached hydrogens (tertiary/aromatic N) is 1. The van der Waals surface area contributed by atoms with E-state index in [0.717, 1.165) is 57.0 Å². The number of H-pyrrole nitrogens is 2. The molecule has 4 heterocycles. The standard InChI is InChI=1S/C51H55N9O5S/c1-30(2)24-41(48(63)56-40(46(52)61)25-31-14-5-3-6-15-31)58-50(65)44-45(36-29-55-38-21-12-10-19-35(36)38)66-51(60-44)43(26-32-16-7-4-8-17-32)59-49(64)42(57-47(62)39-22-13-23-53-39)27-33-28-54-37-20-11-9-18-34(33)37/h3-12,14-21,28-30,39-43,53-55H,13,22-27H2,1-2H3,(H2,52,61)(H,56,63)(H,57,62)(H,58,65)(H,59,64). The Hall–Kier alpha value is -7.10. The van der Waals surface area contributed by atoms with Gasteiger partial charge < -0.3 is 42.3 Å². The summed E-state index contributed by atoms with van der Waals surface area (Å²) in [5.41, 5.74) is 11.0. The number of rotatable bonds is 19. The van der Waals surface area contributed by atoms with Crippen LogP contribution in [-0.2, 0) is 38.4 Å². The summed E-state index contributed by atoms with van der Waals surface area (Å²) in [6.45, 7) is 4.60. The van der Waals surface area contributed by atoms with Gasteiger partial charge in [0.1, 0.15) is 28.8 Å². The summed E-state index contributed by atoms with van der Waals surface area (Å²) >= 11 is 1.28. The number of aromatic amines is 2. The van der Waals surface area contributed by atoms with E-state index in [1.807, 2.05) is 135 Å². The summed E-state index contributed by atoms with van der Waals surface area (Å²) in [5, 5.41) is 17.6. The van der Waals surface area contributed by atoms with Crippen molar-refractivity contribution in [3.63, 3.8) is 0 Å². The first-order valence-electron chi connectivity index (χ1n) is 22.5. The lowest BCUT2D eigenvalue weighted by atomic mass is 10.0. The molecule has 3 aromatic heterocycles. The number of aromatic nitrogens is 3. The number of primary amides is 1. The van der Waals surface area contributed by atoms with Crippen molar-refractivity contribution in [2.75, 3.05) is 6.54 Å². The van der Waals surface area contributed by atoms with Crippen molar-refractivity contribution >= 4 is 62.7 Å². The number of hydrogen-bond donors (Lipinski definition) is 8. The molecule has 0 aliphatic carbocycles. The number of fused-ring (bicyclic) bond motifs is 2. The molecular formula is C51H55N9O5S. The average Bonchev–Trinajstić information content (AvgIpc) is 4.16. The van der Waals surface area contributed by atoms with Crippen LogP contribution in [0.25, 0.3) is 32.2 Å². The second kappa shape index (κ2) is 20.8. The second-order valence-electron chi connectivity index (χ2n) is 17.3. The lowest BCUT2D eigenvalue weighted by Crippen LogP contribution is -2.54. The highest BCUT2D eigenvalue weighted by molar-refractivity contribution is 7.15. The lowest BCUT2D eigenvalue weighted by Gasteiger charge is -2.24. The van der Waals surface area contributed by atoms with Gasteiger partial charge in [0.15, 0.2) is 0 Å². The zero-order valence-electron chi connectivity index (χ0n) is 36.9. The summed E-state index contributed by atoms with van der Waals surface area (Å²) in [5.74, 6) is -2.52. The third kappa shape index (κ3) is 10.9. The van der Waals surface area contributed by atoms with Gasteiger partial charge in [-0.05, 0) is 67.0 Å². The van der Waals surface area contributed by atoms with Crippen molar-refractivity contribution in [2.45, 2.75) is 82.6 Å². The number of para-hydroxylation sites is 2. The molecule has 5 amide bonds. The van der Waals surface area contributed by atoms with Gasteiger partial charge in [-0.1, -0.05) is 111 Å². The Labute approximate surface area is 386 Å².